The Labute approximate surface area is 99.0 Å². The molecule has 1 aliphatic heterocycles. The largest absolute Gasteiger partial charge is 0.314 e. The van der Waals surface area contributed by atoms with Gasteiger partial charge in [0, 0.05) is 12.1 Å². The van der Waals surface area contributed by atoms with Crippen molar-refractivity contribution in [3.8, 4) is 0 Å². The number of hydrogen-bond acceptors (Lipinski definition) is 1. The van der Waals surface area contributed by atoms with E-state index in [1.54, 1.807) is 0 Å². The van der Waals surface area contributed by atoms with Gasteiger partial charge < -0.3 is 5.32 Å². The molecule has 0 spiro atoms. The van der Waals surface area contributed by atoms with Gasteiger partial charge in [0.05, 0.1) is 0 Å². The minimum atomic E-state index is -1.12. The molecule has 1 aromatic rings. The van der Waals surface area contributed by atoms with Crippen LogP contribution < -0.4 is 5.32 Å². The predicted octanol–water partition coefficient (Wildman–Crippen LogP) is 3.18. The third kappa shape index (κ3) is 3.22. The van der Waals surface area contributed by atoms with Gasteiger partial charge in [-0.15, -0.1) is 0 Å². The highest BCUT2D eigenvalue weighted by molar-refractivity contribution is 5.20. The Morgan fingerprint density at radius 2 is 1.82 bits per heavy atom. The zero-order valence-electron chi connectivity index (χ0n) is 9.61. The Hall–Kier alpha value is -1.03. The van der Waals surface area contributed by atoms with Crippen LogP contribution in [0.2, 0.25) is 0 Å². The van der Waals surface area contributed by atoms with E-state index in [9.17, 15) is 13.2 Å². The SMILES string of the molecule is Fc1cc(F)c(CCC2CCCCN2)cc1F. The topological polar surface area (TPSA) is 12.0 Å². The molecule has 1 fully saturated rings. The third-order valence-electron chi connectivity index (χ3n) is 3.26. The molecule has 4 heteroatoms. The lowest BCUT2D eigenvalue weighted by molar-refractivity contribution is 0.380. The molecule has 1 N–H and O–H groups in total. The molecule has 0 aromatic heterocycles. The Bertz CT molecular complexity index is 386. The predicted molar refractivity (Wildman–Crippen MR) is 60.3 cm³/mol. The van der Waals surface area contributed by atoms with E-state index < -0.39 is 17.5 Å². The smallest absolute Gasteiger partial charge is 0.161 e. The molecule has 1 atom stereocenters. The number of aryl methyl sites for hydroxylation is 1. The highest BCUT2D eigenvalue weighted by atomic mass is 19.2. The van der Waals surface area contributed by atoms with Gasteiger partial charge in [0.2, 0.25) is 0 Å². The second-order valence-corrected chi connectivity index (χ2v) is 4.54. The molecule has 0 aliphatic carbocycles. The number of nitrogens with one attached hydrogen (secondary N) is 1. The summed E-state index contributed by atoms with van der Waals surface area (Å²) in [6.07, 6.45) is 4.64. The highest BCUT2D eigenvalue weighted by Crippen LogP contribution is 2.18. The van der Waals surface area contributed by atoms with E-state index >= 15 is 0 Å². The summed E-state index contributed by atoms with van der Waals surface area (Å²) in [4.78, 5) is 0. The van der Waals surface area contributed by atoms with Crippen molar-refractivity contribution in [3.05, 3.63) is 35.1 Å². The van der Waals surface area contributed by atoms with Gasteiger partial charge in [-0.25, -0.2) is 13.2 Å². The molecule has 1 unspecified atom stereocenters. The van der Waals surface area contributed by atoms with E-state index in [1.807, 2.05) is 0 Å². The Kier molecular flexibility index (Phi) is 4.05. The Morgan fingerprint density at radius 1 is 1.06 bits per heavy atom. The molecular formula is C13H16F3N. The molecule has 94 valence electrons. The van der Waals surface area contributed by atoms with E-state index in [0.717, 1.165) is 25.5 Å². The fourth-order valence-corrected chi connectivity index (χ4v) is 2.26. The molecule has 0 radical (unpaired) electrons. The van der Waals surface area contributed by atoms with Crippen molar-refractivity contribution >= 4 is 0 Å². The van der Waals surface area contributed by atoms with E-state index in [0.29, 0.717) is 18.5 Å². The van der Waals surface area contributed by atoms with Gasteiger partial charge in [-0.3, -0.25) is 0 Å². The van der Waals surface area contributed by atoms with Crippen molar-refractivity contribution in [1.82, 2.24) is 5.32 Å². The number of halogens is 3. The second kappa shape index (κ2) is 5.54. The van der Waals surface area contributed by atoms with Gasteiger partial charge in [0.25, 0.3) is 0 Å². The van der Waals surface area contributed by atoms with Crippen LogP contribution in [0.4, 0.5) is 13.2 Å². The van der Waals surface area contributed by atoms with Crippen LogP contribution in [-0.4, -0.2) is 12.6 Å². The maximum Gasteiger partial charge on any atom is 0.161 e. The van der Waals surface area contributed by atoms with Crippen molar-refractivity contribution in [2.24, 2.45) is 0 Å². The average molecular weight is 243 g/mol. The first kappa shape index (κ1) is 12.4. The summed E-state index contributed by atoms with van der Waals surface area (Å²) >= 11 is 0. The molecular weight excluding hydrogens is 227 g/mol. The molecule has 0 amide bonds. The summed E-state index contributed by atoms with van der Waals surface area (Å²) in [5.41, 5.74) is 0.260. The first-order valence-corrected chi connectivity index (χ1v) is 6.03. The lowest BCUT2D eigenvalue weighted by atomic mass is 9.98. The van der Waals surface area contributed by atoms with Gasteiger partial charge in [0.1, 0.15) is 5.82 Å². The first-order chi connectivity index (χ1) is 8.16. The van der Waals surface area contributed by atoms with Gasteiger partial charge >= 0.3 is 0 Å². The molecule has 1 aromatic carbocycles. The monoisotopic (exact) mass is 243 g/mol. The molecule has 17 heavy (non-hydrogen) atoms. The van der Waals surface area contributed by atoms with Crippen molar-refractivity contribution < 1.29 is 13.2 Å². The number of rotatable bonds is 3. The second-order valence-electron chi connectivity index (χ2n) is 4.54. The molecule has 2 rings (SSSR count). The normalized spacial score (nSPS) is 20.5. The number of hydrogen-bond donors (Lipinski definition) is 1. The van der Waals surface area contributed by atoms with Crippen LogP contribution >= 0.6 is 0 Å². The van der Waals surface area contributed by atoms with Crippen molar-refractivity contribution in [2.45, 2.75) is 38.1 Å². The minimum Gasteiger partial charge on any atom is -0.314 e. The van der Waals surface area contributed by atoms with Crippen molar-refractivity contribution in [3.63, 3.8) is 0 Å². The number of benzene rings is 1. The molecule has 1 saturated heterocycles. The van der Waals surface area contributed by atoms with Gasteiger partial charge in [-0.05, 0) is 43.9 Å². The fraction of sp³-hybridized carbons (Fsp3) is 0.538. The van der Waals surface area contributed by atoms with E-state index in [-0.39, 0.29) is 5.56 Å². The van der Waals surface area contributed by atoms with E-state index in [4.69, 9.17) is 0 Å². The maximum absolute atomic E-state index is 13.4. The summed E-state index contributed by atoms with van der Waals surface area (Å²) in [7, 11) is 0. The number of piperidine rings is 1. The minimum absolute atomic E-state index is 0.260. The Morgan fingerprint density at radius 3 is 2.53 bits per heavy atom. The van der Waals surface area contributed by atoms with Gasteiger partial charge in [-0.1, -0.05) is 6.42 Å². The Balaban J connectivity index is 1.96. The van der Waals surface area contributed by atoms with Gasteiger partial charge in [-0.2, -0.15) is 0 Å². The van der Waals surface area contributed by atoms with Crippen molar-refractivity contribution in [2.75, 3.05) is 6.54 Å². The van der Waals surface area contributed by atoms with Crippen molar-refractivity contribution in [1.29, 1.82) is 0 Å². The standard InChI is InChI=1S/C13H16F3N/c14-11-8-13(16)12(15)7-9(11)4-5-10-3-1-2-6-17-10/h7-8,10,17H,1-6H2. The average Bonchev–Trinajstić information content (AvgIpc) is 2.33. The maximum atomic E-state index is 13.4. The van der Waals surface area contributed by atoms with Crippen LogP contribution in [0.15, 0.2) is 12.1 Å². The van der Waals surface area contributed by atoms with E-state index in [2.05, 4.69) is 5.32 Å². The summed E-state index contributed by atoms with van der Waals surface area (Å²) in [5.74, 6) is -2.75. The van der Waals surface area contributed by atoms with Gasteiger partial charge in [0.15, 0.2) is 11.6 Å². The molecule has 1 aliphatic rings. The zero-order chi connectivity index (χ0) is 12.3. The summed E-state index contributed by atoms with van der Waals surface area (Å²) in [6.45, 7) is 0.991. The fourth-order valence-electron chi connectivity index (χ4n) is 2.26. The summed E-state index contributed by atoms with van der Waals surface area (Å²) in [6, 6.07) is 1.96. The summed E-state index contributed by atoms with van der Waals surface area (Å²) in [5, 5.41) is 3.34. The van der Waals surface area contributed by atoms with Crippen LogP contribution in [0.5, 0.6) is 0 Å². The van der Waals surface area contributed by atoms with Crippen LogP contribution in [0, 0.1) is 17.5 Å². The lowest BCUT2D eigenvalue weighted by Gasteiger charge is -2.23. The molecule has 0 bridgehead atoms. The quantitative estimate of drug-likeness (QED) is 0.804. The van der Waals surface area contributed by atoms with Crippen LogP contribution in [0.3, 0.4) is 0 Å². The zero-order valence-corrected chi connectivity index (χ0v) is 9.61. The molecule has 1 nitrogen and oxygen atoms in total. The van der Waals surface area contributed by atoms with Crippen LogP contribution in [0.25, 0.3) is 0 Å². The third-order valence-corrected chi connectivity index (χ3v) is 3.26. The molecule has 0 saturated carbocycles. The first-order valence-electron chi connectivity index (χ1n) is 6.03. The highest BCUT2D eigenvalue weighted by Gasteiger charge is 2.15. The van der Waals surface area contributed by atoms with E-state index in [1.165, 1.54) is 12.8 Å². The molecule has 1 heterocycles. The van der Waals surface area contributed by atoms with Crippen LogP contribution in [0.1, 0.15) is 31.2 Å². The van der Waals surface area contributed by atoms with Crippen LogP contribution in [-0.2, 0) is 6.42 Å². The lowest BCUT2D eigenvalue weighted by Crippen LogP contribution is -2.34. The summed E-state index contributed by atoms with van der Waals surface area (Å²) < 4.78 is 39.1.